The predicted octanol–water partition coefficient (Wildman–Crippen LogP) is 4.89. The predicted molar refractivity (Wildman–Crippen MR) is 88.1 cm³/mol. The van der Waals surface area contributed by atoms with Crippen LogP contribution in [0.5, 0.6) is 0 Å². The van der Waals surface area contributed by atoms with Gasteiger partial charge in [0.05, 0.1) is 0 Å². The molecule has 1 rings (SSSR count). The zero-order valence-electron chi connectivity index (χ0n) is 12.9. The van der Waals surface area contributed by atoms with Gasteiger partial charge >= 0.3 is 0 Å². The normalized spacial score (nSPS) is 14.3. The minimum atomic E-state index is 0.637. The highest BCUT2D eigenvalue weighted by atomic mass is 32.2. The summed E-state index contributed by atoms with van der Waals surface area (Å²) in [5.74, 6) is 2.00. The van der Waals surface area contributed by atoms with E-state index in [-0.39, 0.29) is 0 Å². The molecule has 1 aromatic rings. The summed E-state index contributed by atoms with van der Waals surface area (Å²) in [6.45, 7) is 10.1. The van der Waals surface area contributed by atoms with Gasteiger partial charge in [-0.15, -0.1) is 11.8 Å². The van der Waals surface area contributed by atoms with E-state index in [1.54, 1.807) is 0 Å². The van der Waals surface area contributed by atoms with Crippen LogP contribution in [0.3, 0.4) is 0 Å². The van der Waals surface area contributed by atoms with E-state index < -0.39 is 0 Å². The molecule has 1 N–H and O–H groups in total. The van der Waals surface area contributed by atoms with E-state index in [1.165, 1.54) is 35.5 Å². The van der Waals surface area contributed by atoms with E-state index in [0.717, 1.165) is 12.5 Å². The molecule has 0 spiro atoms. The maximum atomic E-state index is 3.63. The summed E-state index contributed by atoms with van der Waals surface area (Å²) in [6.07, 6.45) is 3.93. The maximum absolute atomic E-state index is 3.63. The summed E-state index contributed by atoms with van der Waals surface area (Å²) in [5, 5.41) is 3.63. The minimum Gasteiger partial charge on any atom is -0.313 e. The van der Waals surface area contributed by atoms with Gasteiger partial charge in [-0.1, -0.05) is 51.3 Å². The fourth-order valence-electron chi connectivity index (χ4n) is 2.43. The van der Waals surface area contributed by atoms with Crippen molar-refractivity contribution in [3.05, 3.63) is 29.8 Å². The largest absolute Gasteiger partial charge is 0.313 e. The van der Waals surface area contributed by atoms with Gasteiger partial charge in [-0.05, 0) is 37.9 Å². The summed E-state index contributed by atoms with van der Waals surface area (Å²) in [4.78, 5) is 1.39. The third-order valence-electron chi connectivity index (χ3n) is 3.43. The average molecular weight is 279 g/mol. The first-order chi connectivity index (χ1) is 9.15. The number of hydrogen-bond donors (Lipinski definition) is 1. The molecule has 0 aliphatic carbocycles. The molecule has 0 aliphatic heterocycles. The van der Waals surface area contributed by atoms with Gasteiger partial charge in [-0.2, -0.15) is 0 Å². The van der Waals surface area contributed by atoms with Crippen LogP contribution in [0, 0.1) is 12.8 Å². The Balaban J connectivity index is 2.42. The van der Waals surface area contributed by atoms with E-state index >= 15 is 0 Å². The SMILES string of the molecule is CCCC(C)CC(CSc1ccc(C)cc1)NCC. The number of hydrogen-bond acceptors (Lipinski definition) is 2. The van der Waals surface area contributed by atoms with Gasteiger partial charge in [0.1, 0.15) is 0 Å². The number of thioether (sulfide) groups is 1. The molecule has 0 saturated heterocycles. The lowest BCUT2D eigenvalue weighted by molar-refractivity contribution is 0.409. The highest BCUT2D eigenvalue weighted by Gasteiger charge is 2.12. The summed E-state index contributed by atoms with van der Waals surface area (Å²) < 4.78 is 0. The quantitative estimate of drug-likeness (QED) is 0.646. The van der Waals surface area contributed by atoms with Crippen LogP contribution in [0.1, 0.15) is 45.6 Å². The van der Waals surface area contributed by atoms with Crippen LogP contribution in [0.25, 0.3) is 0 Å². The number of rotatable bonds is 9. The number of benzene rings is 1. The molecular formula is C17H29NS. The molecule has 0 amide bonds. The molecule has 19 heavy (non-hydrogen) atoms. The summed E-state index contributed by atoms with van der Waals surface area (Å²) in [5.41, 5.74) is 1.34. The highest BCUT2D eigenvalue weighted by molar-refractivity contribution is 7.99. The van der Waals surface area contributed by atoms with Crippen molar-refractivity contribution in [1.29, 1.82) is 0 Å². The van der Waals surface area contributed by atoms with Gasteiger partial charge in [-0.3, -0.25) is 0 Å². The lowest BCUT2D eigenvalue weighted by Gasteiger charge is -2.21. The van der Waals surface area contributed by atoms with Crippen molar-refractivity contribution in [2.45, 2.75) is 57.9 Å². The van der Waals surface area contributed by atoms with Crippen molar-refractivity contribution in [2.75, 3.05) is 12.3 Å². The first-order valence-electron chi connectivity index (χ1n) is 7.58. The Kier molecular flexibility index (Phi) is 8.24. The second-order valence-corrected chi connectivity index (χ2v) is 6.60. The molecule has 0 bridgehead atoms. The summed E-state index contributed by atoms with van der Waals surface area (Å²) >= 11 is 1.97. The van der Waals surface area contributed by atoms with Crippen molar-refractivity contribution in [3.8, 4) is 0 Å². The van der Waals surface area contributed by atoms with Crippen molar-refractivity contribution >= 4 is 11.8 Å². The van der Waals surface area contributed by atoms with Crippen LogP contribution >= 0.6 is 11.8 Å². The molecule has 0 radical (unpaired) electrons. The minimum absolute atomic E-state index is 0.637. The summed E-state index contributed by atoms with van der Waals surface area (Å²) in [6, 6.07) is 9.50. The highest BCUT2D eigenvalue weighted by Crippen LogP contribution is 2.22. The van der Waals surface area contributed by atoms with E-state index in [1.807, 2.05) is 11.8 Å². The molecule has 1 aromatic carbocycles. The molecule has 0 heterocycles. The average Bonchev–Trinajstić information content (AvgIpc) is 2.38. The molecule has 2 atom stereocenters. The van der Waals surface area contributed by atoms with Crippen molar-refractivity contribution in [1.82, 2.24) is 5.32 Å². The van der Waals surface area contributed by atoms with E-state index in [0.29, 0.717) is 6.04 Å². The zero-order valence-corrected chi connectivity index (χ0v) is 13.7. The van der Waals surface area contributed by atoms with Gasteiger partial charge in [0.15, 0.2) is 0 Å². The molecule has 0 saturated carbocycles. The van der Waals surface area contributed by atoms with Gasteiger partial charge in [0.2, 0.25) is 0 Å². The Morgan fingerprint density at radius 3 is 2.42 bits per heavy atom. The van der Waals surface area contributed by atoms with Crippen molar-refractivity contribution in [2.24, 2.45) is 5.92 Å². The van der Waals surface area contributed by atoms with Gasteiger partial charge in [0.25, 0.3) is 0 Å². The zero-order chi connectivity index (χ0) is 14.1. The molecule has 0 aromatic heterocycles. The third kappa shape index (κ3) is 7.03. The smallest absolute Gasteiger partial charge is 0.0164 e. The maximum Gasteiger partial charge on any atom is 0.0164 e. The van der Waals surface area contributed by atoms with Gasteiger partial charge in [0, 0.05) is 16.7 Å². The first-order valence-corrected chi connectivity index (χ1v) is 8.57. The topological polar surface area (TPSA) is 12.0 Å². The van der Waals surface area contributed by atoms with Gasteiger partial charge in [-0.25, -0.2) is 0 Å². The number of nitrogens with one attached hydrogen (secondary N) is 1. The van der Waals surface area contributed by atoms with Crippen LogP contribution < -0.4 is 5.32 Å². The third-order valence-corrected chi connectivity index (χ3v) is 4.61. The Morgan fingerprint density at radius 1 is 1.16 bits per heavy atom. The van der Waals surface area contributed by atoms with Crippen molar-refractivity contribution < 1.29 is 0 Å². The monoisotopic (exact) mass is 279 g/mol. The number of aryl methyl sites for hydroxylation is 1. The molecular weight excluding hydrogens is 250 g/mol. The molecule has 1 nitrogen and oxygen atoms in total. The Morgan fingerprint density at radius 2 is 1.84 bits per heavy atom. The molecule has 108 valence electrons. The lowest BCUT2D eigenvalue weighted by atomic mass is 9.98. The molecule has 0 aliphatic rings. The second kappa shape index (κ2) is 9.44. The van der Waals surface area contributed by atoms with E-state index in [4.69, 9.17) is 0 Å². The Hall–Kier alpha value is -0.470. The van der Waals surface area contributed by atoms with E-state index in [9.17, 15) is 0 Å². The fraction of sp³-hybridized carbons (Fsp3) is 0.647. The van der Waals surface area contributed by atoms with Crippen molar-refractivity contribution in [3.63, 3.8) is 0 Å². The van der Waals surface area contributed by atoms with Crippen LogP contribution in [-0.2, 0) is 0 Å². The molecule has 2 heteroatoms. The standard InChI is InChI=1S/C17H29NS/c1-5-7-15(4)12-16(18-6-2)13-19-17-10-8-14(3)9-11-17/h8-11,15-16,18H,5-7,12-13H2,1-4H3. The molecule has 0 fully saturated rings. The second-order valence-electron chi connectivity index (χ2n) is 5.51. The van der Waals surface area contributed by atoms with Crippen LogP contribution in [0.4, 0.5) is 0 Å². The van der Waals surface area contributed by atoms with Crippen LogP contribution in [0.15, 0.2) is 29.2 Å². The first kappa shape index (κ1) is 16.6. The lowest BCUT2D eigenvalue weighted by Crippen LogP contribution is -2.32. The van der Waals surface area contributed by atoms with Crippen LogP contribution in [-0.4, -0.2) is 18.3 Å². The molecule has 2 unspecified atom stereocenters. The fourth-order valence-corrected chi connectivity index (χ4v) is 3.40. The summed E-state index contributed by atoms with van der Waals surface area (Å²) in [7, 11) is 0. The van der Waals surface area contributed by atoms with Crippen LogP contribution in [0.2, 0.25) is 0 Å². The van der Waals surface area contributed by atoms with Gasteiger partial charge < -0.3 is 5.32 Å². The van der Waals surface area contributed by atoms with E-state index in [2.05, 4.69) is 57.3 Å². The Labute approximate surface area is 123 Å². The Bertz CT molecular complexity index is 334.